The highest BCUT2D eigenvalue weighted by molar-refractivity contribution is 9.10. The van der Waals surface area contributed by atoms with Crippen LogP contribution in [0, 0.1) is 0 Å². The summed E-state index contributed by atoms with van der Waals surface area (Å²) >= 11 is 3.50. The molecular formula is C24H22BrNO3. The first kappa shape index (κ1) is 19.5. The first-order chi connectivity index (χ1) is 14.0. The molecule has 1 heterocycles. The lowest BCUT2D eigenvalue weighted by Gasteiger charge is -2.36. The van der Waals surface area contributed by atoms with Gasteiger partial charge in [-0.3, -0.25) is 0 Å². The average Bonchev–Trinajstić information content (AvgIpc) is 3.01. The van der Waals surface area contributed by atoms with Crippen molar-refractivity contribution in [2.45, 2.75) is 24.8 Å². The van der Waals surface area contributed by atoms with Crippen LogP contribution >= 0.6 is 15.9 Å². The number of methoxy groups -OCH3 is 1. The van der Waals surface area contributed by atoms with Crippen LogP contribution in [0.4, 0.5) is 5.69 Å². The zero-order chi connectivity index (χ0) is 20.6. The van der Waals surface area contributed by atoms with Crippen LogP contribution < -0.4 is 10.1 Å². The molecule has 1 aliphatic heterocycles. The highest BCUT2D eigenvalue weighted by Crippen LogP contribution is 2.50. The fraction of sp³-hybridized carbons (Fsp3) is 0.208. The molecule has 0 spiro atoms. The van der Waals surface area contributed by atoms with E-state index in [0.717, 1.165) is 32.6 Å². The summed E-state index contributed by atoms with van der Waals surface area (Å²) in [5.41, 5.74) is 3.79. The Morgan fingerprint density at radius 3 is 2.52 bits per heavy atom. The molecule has 0 radical (unpaired) electrons. The highest BCUT2D eigenvalue weighted by atomic mass is 79.9. The van der Waals surface area contributed by atoms with Crippen molar-refractivity contribution in [2.24, 2.45) is 0 Å². The van der Waals surface area contributed by atoms with E-state index in [4.69, 9.17) is 4.74 Å². The summed E-state index contributed by atoms with van der Waals surface area (Å²) < 4.78 is 6.51. The Labute approximate surface area is 178 Å². The second-order valence-electron chi connectivity index (χ2n) is 7.40. The van der Waals surface area contributed by atoms with Crippen LogP contribution in [0.15, 0.2) is 71.2 Å². The lowest BCUT2D eigenvalue weighted by atomic mass is 9.66. The second-order valence-corrected chi connectivity index (χ2v) is 8.32. The first-order valence-corrected chi connectivity index (χ1v) is 10.3. The third kappa shape index (κ3) is 3.29. The molecule has 4 rings (SSSR count). The molecule has 5 heteroatoms. The maximum atomic E-state index is 12.1. The monoisotopic (exact) mass is 451 g/mol. The van der Waals surface area contributed by atoms with Crippen LogP contribution in [0.1, 0.15) is 34.0 Å². The number of aromatic carboxylic acids is 1. The van der Waals surface area contributed by atoms with Crippen LogP contribution in [0.2, 0.25) is 0 Å². The zero-order valence-corrected chi connectivity index (χ0v) is 17.9. The third-order valence-corrected chi connectivity index (χ3v) is 6.38. The Bertz CT molecular complexity index is 1060. The number of fused-ring (bicyclic) bond motifs is 1. The van der Waals surface area contributed by atoms with Gasteiger partial charge in [0.25, 0.3) is 0 Å². The van der Waals surface area contributed by atoms with Gasteiger partial charge in [0.2, 0.25) is 0 Å². The topological polar surface area (TPSA) is 58.6 Å². The van der Waals surface area contributed by atoms with Gasteiger partial charge in [0.05, 0.1) is 12.7 Å². The van der Waals surface area contributed by atoms with Crippen molar-refractivity contribution in [2.75, 3.05) is 12.4 Å². The van der Waals surface area contributed by atoms with Gasteiger partial charge in [-0.1, -0.05) is 46.3 Å². The summed E-state index contributed by atoms with van der Waals surface area (Å²) in [6.07, 6.45) is 0.666. The molecule has 0 bridgehead atoms. The minimum absolute atomic E-state index is 0.00578. The normalized spacial score (nSPS) is 20.0. The van der Waals surface area contributed by atoms with E-state index in [1.807, 2.05) is 42.5 Å². The van der Waals surface area contributed by atoms with Crippen molar-refractivity contribution < 1.29 is 14.6 Å². The van der Waals surface area contributed by atoms with Gasteiger partial charge in [-0.05, 0) is 66.4 Å². The van der Waals surface area contributed by atoms with Gasteiger partial charge in [-0.25, -0.2) is 4.79 Å². The molecular weight excluding hydrogens is 430 g/mol. The van der Waals surface area contributed by atoms with E-state index >= 15 is 0 Å². The molecule has 3 aromatic carbocycles. The number of hydrogen-bond donors (Lipinski definition) is 2. The molecule has 0 aliphatic carbocycles. The van der Waals surface area contributed by atoms with Gasteiger partial charge in [0.1, 0.15) is 5.75 Å². The van der Waals surface area contributed by atoms with Gasteiger partial charge in [-0.2, -0.15) is 0 Å². The minimum Gasteiger partial charge on any atom is -0.497 e. The van der Waals surface area contributed by atoms with Gasteiger partial charge in [0, 0.05) is 21.6 Å². The summed E-state index contributed by atoms with van der Waals surface area (Å²) in [4.78, 5) is 12.1. The van der Waals surface area contributed by atoms with Gasteiger partial charge in [0.15, 0.2) is 0 Å². The number of benzene rings is 3. The number of nitrogens with one attached hydrogen (secondary N) is 1. The molecule has 3 aromatic rings. The lowest BCUT2D eigenvalue weighted by Crippen LogP contribution is -2.41. The van der Waals surface area contributed by atoms with E-state index in [9.17, 15) is 9.90 Å². The molecule has 0 saturated carbocycles. The predicted molar refractivity (Wildman–Crippen MR) is 118 cm³/mol. The molecule has 29 heavy (non-hydrogen) atoms. The van der Waals surface area contributed by atoms with Gasteiger partial charge in [-0.15, -0.1) is 0 Å². The summed E-state index contributed by atoms with van der Waals surface area (Å²) in [6, 6.07) is 21.5. The molecule has 2 atom stereocenters. The number of ether oxygens (including phenoxy) is 1. The van der Waals surface area contributed by atoms with Crippen molar-refractivity contribution >= 4 is 27.6 Å². The molecule has 2 N–H and O–H groups in total. The number of hydrogen-bond acceptors (Lipinski definition) is 3. The SMILES string of the molecule is COc1ccc2c(c1)C(Cc1ccc(Br)cc1)(c1ccccc1C(=O)O)C(C)N2. The van der Waals surface area contributed by atoms with Crippen molar-refractivity contribution in [3.05, 3.63) is 93.5 Å². The molecule has 2 unspecified atom stereocenters. The van der Waals surface area contributed by atoms with Gasteiger partial charge < -0.3 is 15.2 Å². The number of anilines is 1. The molecule has 4 nitrogen and oxygen atoms in total. The maximum Gasteiger partial charge on any atom is 0.335 e. The zero-order valence-electron chi connectivity index (χ0n) is 16.3. The summed E-state index contributed by atoms with van der Waals surface area (Å²) in [7, 11) is 1.65. The maximum absolute atomic E-state index is 12.1. The fourth-order valence-corrected chi connectivity index (χ4v) is 4.70. The lowest BCUT2D eigenvalue weighted by molar-refractivity contribution is 0.0694. The van der Waals surface area contributed by atoms with E-state index in [0.29, 0.717) is 12.0 Å². The minimum atomic E-state index is -0.917. The average molecular weight is 452 g/mol. The summed E-state index contributed by atoms with van der Waals surface area (Å²) in [5.74, 6) is -0.160. The molecule has 0 aromatic heterocycles. The number of rotatable bonds is 5. The van der Waals surface area contributed by atoms with E-state index in [-0.39, 0.29) is 6.04 Å². The van der Waals surface area contributed by atoms with Crippen LogP contribution in [0.5, 0.6) is 5.75 Å². The van der Waals surface area contributed by atoms with E-state index in [1.54, 1.807) is 19.2 Å². The molecule has 0 saturated heterocycles. The fourth-order valence-electron chi connectivity index (χ4n) is 4.44. The van der Waals surface area contributed by atoms with Crippen molar-refractivity contribution in [1.82, 2.24) is 0 Å². The van der Waals surface area contributed by atoms with E-state index < -0.39 is 11.4 Å². The first-order valence-electron chi connectivity index (χ1n) is 9.48. The van der Waals surface area contributed by atoms with Crippen molar-refractivity contribution in [3.63, 3.8) is 0 Å². The summed E-state index contributed by atoms with van der Waals surface area (Å²) in [5, 5.41) is 13.5. The standard InChI is InChI=1S/C24H22BrNO3/c1-15-24(14-16-7-9-17(25)10-8-16,20-6-4-3-5-19(20)23(27)28)21-13-18(29-2)11-12-22(21)26-15/h3-13,15,26H,14H2,1-2H3,(H,27,28). The second kappa shape index (κ2) is 7.56. The number of carbonyl (C=O) groups is 1. The summed E-state index contributed by atoms with van der Waals surface area (Å²) in [6.45, 7) is 2.12. The van der Waals surface area contributed by atoms with Crippen LogP contribution in [0.3, 0.4) is 0 Å². The Hall–Kier alpha value is -2.79. The molecule has 0 fully saturated rings. The van der Waals surface area contributed by atoms with E-state index in [1.165, 1.54) is 0 Å². The number of carboxylic acids is 1. The molecule has 0 amide bonds. The van der Waals surface area contributed by atoms with Crippen LogP contribution in [-0.4, -0.2) is 24.2 Å². The van der Waals surface area contributed by atoms with Crippen LogP contribution in [-0.2, 0) is 11.8 Å². The Morgan fingerprint density at radius 2 is 1.83 bits per heavy atom. The van der Waals surface area contributed by atoms with Gasteiger partial charge >= 0.3 is 5.97 Å². The Balaban J connectivity index is 1.99. The van der Waals surface area contributed by atoms with Crippen molar-refractivity contribution in [3.8, 4) is 5.75 Å². The number of carboxylic acid groups (broad SMARTS) is 1. The van der Waals surface area contributed by atoms with Crippen molar-refractivity contribution in [1.29, 1.82) is 0 Å². The smallest absolute Gasteiger partial charge is 0.335 e. The van der Waals surface area contributed by atoms with E-state index in [2.05, 4.69) is 40.3 Å². The Morgan fingerprint density at radius 1 is 1.10 bits per heavy atom. The molecule has 1 aliphatic rings. The van der Waals surface area contributed by atoms with Crippen LogP contribution in [0.25, 0.3) is 0 Å². The Kier molecular flexibility index (Phi) is 5.09. The quantitative estimate of drug-likeness (QED) is 0.537. The highest BCUT2D eigenvalue weighted by Gasteiger charge is 2.48. The number of halogens is 1. The largest absolute Gasteiger partial charge is 0.497 e. The third-order valence-electron chi connectivity index (χ3n) is 5.85. The predicted octanol–water partition coefficient (Wildman–Crippen LogP) is 5.50. The molecule has 148 valence electrons.